The summed E-state index contributed by atoms with van der Waals surface area (Å²) in [6, 6.07) is 13.2. The van der Waals surface area contributed by atoms with E-state index in [1.54, 1.807) is 17.4 Å². The van der Waals surface area contributed by atoms with Crippen molar-refractivity contribution in [3.8, 4) is 16.3 Å². The van der Waals surface area contributed by atoms with Gasteiger partial charge in [0.25, 0.3) is 5.91 Å². The number of aromatic amines is 1. The van der Waals surface area contributed by atoms with Crippen molar-refractivity contribution in [3.05, 3.63) is 59.1 Å². The van der Waals surface area contributed by atoms with E-state index in [0.717, 1.165) is 21.9 Å². The van der Waals surface area contributed by atoms with Crippen LogP contribution in [-0.2, 0) is 0 Å². The Morgan fingerprint density at radius 3 is 2.80 bits per heavy atom. The molecular weight excluding hydrogens is 336 g/mol. The van der Waals surface area contributed by atoms with Gasteiger partial charge in [-0.1, -0.05) is 6.07 Å². The van der Waals surface area contributed by atoms with E-state index in [0.29, 0.717) is 18.0 Å². The molecule has 0 saturated heterocycles. The molecule has 3 aromatic rings. The minimum absolute atomic E-state index is 0.298. The van der Waals surface area contributed by atoms with Gasteiger partial charge >= 0.3 is 0 Å². The highest BCUT2D eigenvalue weighted by Gasteiger charge is 2.11. The highest BCUT2D eigenvalue weighted by molar-refractivity contribution is 7.13. The van der Waals surface area contributed by atoms with Crippen LogP contribution in [0.3, 0.4) is 0 Å². The van der Waals surface area contributed by atoms with Gasteiger partial charge in [-0.2, -0.15) is 10.2 Å². The van der Waals surface area contributed by atoms with E-state index in [4.69, 9.17) is 4.74 Å². The van der Waals surface area contributed by atoms with Gasteiger partial charge in [0, 0.05) is 0 Å². The summed E-state index contributed by atoms with van der Waals surface area (Å²) in [5, 5.41) is 13.0. The molecule has 0 saturated carbocycles. The van der Waals surface area contributed by atoms with E-state index in [2.05, 4.69) is 20.7 Å². The van der Waals surface area contributed by atoms with E-state index in [1.807, 2.05) is 55.6 Å². The molecule has 0 radical (unpaired) electrons. The smallest absolute Gasteiger partial charge is 0.291 e. The van der Waals surface area contributed by atoms with Crippen molar-refractivity contribution in [3.63, 3.8) is 0 Å². The van der Waals surface area contributed by atoms with E-state index >= 15 is 0 Å². The third-order valence-corrected chi connectivity index (χ3v) is 4.41. The van der Waals surface area contributed by atoms with Crippen molar-refractivity contribution in [2.24, 2.45) is 5.10 Å². The topological polar surface area (TPSA) is 79.4 Å². The molecule has 7 heteroatoms. The van der Waals surface area contributed by atoms with Gasteiger partial charge in [0.15, 0.2) is 5.69 Å². The lowest BCUT2D eigenvalue weighted by Gasteiger charge is -2.05. The number of carbonyl (C=O) groups excluding carboxylic acids is 1. The van der Waals surface area contributed by atoms with E-state index < -0.39 is 0 Å². The quantitative estimate of drug-likeness (QED) is 0.523. The van der Waals surface area contributed by atoms with Crippen LogP contribution in [0.25, 0.3) is 10.6 Å². The Labute approximate surface area is 149 Å². The lowest BCUT2D eigenvalue weighted by atomic mass is 10.1. The molecule has 2 aromatic heterocycles. The maximum atomic E-state index is 12.2. The molecule has 0 spiro atoms. The molecule has 3 rings (SSSR count). The number of nitrogens with one attached hydrogen (secondary N) is 2. The van der Waals surface area contributed by atoms with Gasteiger partial charge in [-0.3, -0.25) is 9.89 Å². The predicted octanol–water partition coefficient (Wildman–Crippen LogP) is 3.69. The van der Waals surface area contributed by atoms with Gasteiger partial charge in [-0.05, 0) is 61.2 Å². The minimum Gasteiger partial charge on any atom is -0.494 e. The molecule has 0 aliphatic rings. The fourth-order valence-electron chi connectivity index (χ4n) is 2.21. The molecule has 0 aliphatic heterocycles. The van der Waals surface area contributed by atoms with Crippen molar-refractivity contribution >= 4 is 23.0 Å². The van der Waals surface area contributed by atoms with Crippen molar-refractivity contribution < 1.29 is 9.53 Å². The monoisotopic (exact) mass is 354 g/mol. The number of H-pyrrole nitrogens is 1. The van der Waals surface area contributed by atoms with Crippen LogP contribution in [-0.4, -0.2) is 28.4 Å². The number of rotatable bonds is 6. The number of hydrazone groups is 1. The molecule has 6 nitrogen and oxygen atoms in total. The van der Waals surface area contributed by atoms with Crippen molar-refractivity contribution in [1.29, 1.82) is 0 Å². The fourth-order valence-corrected chi connectivity index (χ4v) is 2.90. The summed E-state index contributed by atoms with van der Waals surface area (Å²) in [6.45, 7) is 4.40. The summed E-state index contributed by atoms with van der Waals surface area (Å²) in [5.74, 6) is 0.449. The number of nitrogens with zero attached hydrogens (tertiary/aromatic N) is 2. The minimum atomic E-state index is -0.357. The zero-order valence-corrected chi connectivity index (χ0v) is 14.8. The molecule has 0 fully saturated rings. The number of carbonyl (C=O) groups is 1. The van der Waals surface area contributed by atoms with Crippen LogP contribution < -0.4 is 10.2 Å². The summed E-state index contributed by atoms with van der Waals surface area (Å²) < 4.78 is 5.41. The maximum absolute atomic E-state index is 12.2. The molecule has 2 N–H and O–H groups in total. The van der Waals surface area contributed by atoms with Crippen LogP contribution in [0.1, 0.15) is 29.9 Å². The standard InChI is InChI=1S/C18H18N4O2S/c1-3-24-14-8-6-13(7-9-14)12(2)19-22-18(23)16-11-15(20-21-16)17-5-4-10-25-17/h4-11H,3H2,1-2H3,(H,20,21)(H,22,23)/b19-12-. The van der Waals surface area contributed by atoms with Crippen molar-refractivity contribution in [2.75, 3.05) is 6.61 Å². The predicted molar refractivity (Wildman–Crippen MR) is 99.2 cm³/mol. The Morgan fingerprint density at radius 1 is 1.32 bits per heavy atom. The SMILES string of the molecule is CCOc1ccc(/C(C)=N\NC(=O)c2cc(-c3cccs3)[nH]n2)cc1. The van der Waals surface area contributed by atoms with Crippen molar-refractivity contribution in [2.45, 2.75) is 13.8 Å². The average Bonchev–Trinajstić information content (AvgIpc) is 3.31. The highest BCUT2D eigenvalue weighted by Crippen LogP contribution is 2.22. The molecule has 25 heavy (non-hydrogen) atoms. The first-order chi connectivity index (χ1) is 12.2. The Morgan fingerprint density at radius 2 is 2.12 bits per heavy atom. The third kappa shape index (κ3) is 4.13. The van der Waals surface area contributed by atoms with Gasteiger partial charge in [0.2, 0.25) is 0 Å². The zero-order chi connectivity index (χ0) is 17.6. The van der Waals surface area contributed by atoms with Gasteiger partial charge in [-0.25, -0.2) is 5.43 Å². The molecule has 2 heterocycles. The summed E-state index contributed by atoms with van der Waals surface area (Å²) in [4.78, 5) is 13.2. The maximum Gasteiger partial charge on any atom is 0.291 e. The lowest BCUT2D eigenvalue weighted by Crippen LogP contribution is -2.19. The number of benzene rings is 1. The van der Waals surface area contributed by atoms with Gasteiger partial charge in [-0.15, -0.1) is 11.3 Å². The Hall–Kier alpha value is -2.93. The van der Waals surface area contributed by atoms with E-state index in [1.165, 1.54) is 0 Å². The number of aromatic nitrogens is 2. The van der Waals surface area contributed by atoms with Gasteiger partial charge in [0.05, 0.1) is 22.9 Å². The van der Waals surface area contributed by atoms with E-state index in [-0.39, 0.29) is 5.91 Å². The summed E-state index contributed by atoms with van der Waals surface area (Å²) in [6.07, 6.45) is 0. The number of thiophene rings is 1. The first-order valence-corrected chi connectivity index (χ1v) is 8.72. The summed E-state index contributed by atoms with van der Waals surface area (Å²) in [5.41, 5.74) is 5.25. The number of hydrogen-bond acceptors (Lipinski definition) is 5. The largest absolute Gasteiger partial charge is 0.494 e. The van der Waals surface area contributed by atoms with Gasteiger partial charge in [0.1, 0.15) is 5.75 Å². The van der Waals surface area contributed by atoms with Crippen LogP contribution in [0.15, 0.2) is 52.9 Å². The number of amides is 1. The second kappa shape index (κ2) is 7.76. The Bertz CT molecular complexity index is 867. The number of ether oxygens (including phenoxy) is 1. The van der Waals surface area contributed by atoms with Crippen LogP contribution in [0, 0.1) is 0 Å². The average molecular weight is 354 g/mol. The van der Waals surface area contributed by atoms with Gasteiger partial charge < -0.3 is 4.74 Å². The lowest BCUT2D eigenvalue weighted by molar-refractivity contribution is 0.0950. The van der Waals surface area contributed by atoms with Crippen LogP contribution in [0.4, 0.5) is 0 Å². The first-order valence-electron chi connectivity index (χ1n) is 7.84. The summed E-state index contributed by atoms with van der Waals surface area (Å²) in [7, 11) is 0. The molecule has 1 amide bonds. The number of hydrogen-bond donors (Lipinski definition) is 2. The molecule has 128 valence electrons. The van der Waals surface area contributed by atoms with Crippen LogP contribution >= 0.6 is 11.3 Å². The van der Waals surface area contributed by atoms with Crippen molar-refractivity contribution in [1.82, 2.24) is 15.6 Å². The molecular formula is C18H18N4O2S. The first kappa shape index (κ1) is 16.9. The Balaban J connectivity index is 1.65. The molecule has 0 aliphatic carbocycles. The second-order valence-electron chi connectivity index (χ2n) is 5.24. The summed E-state index contributed by atoms with van der Waals surface area (Å²) >= 11 is 1.58. The second-order valence-corrected chi connectivity index (χ2v) is 6.19. The highest BCUT2D eigenvalue weighted by atomic mass is 32.1. The zero-order valence-electron chi connectivity index (χ0n) is 13.9. The normalized spacial score (nSPS) is 11.4. The fraction of sp³-hybridized carbons (Fsp3) is 0.167. The third-order valence-electron chi connectivity index (χ3n) is 3.51. The molecule has 1 aromatic carbocycles. The van der Waals surface area contributed by atoms with Crippen LogP contribution in [0.2, 0.25) is 0 Å². The van der Waals surface area contributed by atoms with E-state index in [9.17, 15) is 4.79 Å². The molecule has 0 atom stereocenters. The molecule has 0 bridgehead atoms. The molecule has 0 unspecified atom stereocenters. The Kier molecular flexibility index (Phi) is 5.25. The van der Waals surface area contributed by atoms with Crippen LogP contribution in [0.5, 0.6) is 5.75 Å².